The average molecular weight is 471 g/mol. The van der Waals surface area contributed by atoms with E-state index in [-0.39, 0.29) is 23.7 Å². The van der Waals surface area contributed by atoms with Crippen LogP contribution in [0.2, 0.25) is 0 Å². The molecule has 0 aliphatic carbocycles. The van der Waals surface area contributed by atoms with Crippen molar-refractivity contribution in [1.29, 1.82) is 0 Å². The first-order valence-electron chi connectivity index (χ1n) is 11.8. The predicted molar refractivity (Wildman–Crippen MR) is 136 cm³/mol. The standard InChI is InChI=1S/C28H30N4O3/c1-21-11-13-22(14-12-21)27(34)24-9-5-6-10-25(24)28(35)30-29-26(33)15-16-31-17-19-32(20-18-31)23-7-3-2-4-8-23/h2-14H,15-20H2,1H3,(H,29,33)(H,30,35). The summed E-state index contributed by atoms with van der Waals surface area (Å²) in [6.07, 6.45) is 0.273. The van der Waals surface area contributed by atoms with E-state index >= 15 is 0 Å². The van der Waals surface area contributed by atoms with Gasteiger partial charge in [0.15, 0.2) is 5.78 Å². The van der Waals surface area contributed by atoms with E-state index in [0.717, 1.165) is 31.7 Å². The Morgan fingerprint density at radius 2 is 1.37 bits per heavy atom. The number of hydrogen-bond donors (Lipinski definition) is 2. The van der Waals surface area contributed by atoms with E-state index in [1.807, 2.05) is 37.3 Å². The molecule has 7 nitrogen and oxygen atoms in total. The summed E-state index contributed by atoms with van der Waals surface area (Å²) in [5, 5.41) is 0. The fourth-order valence-corrected chi connectivity index (χ4v) is 4.12. The molecule has 35 heavy (non-hydrogen) atoms. The fourth-order valence-electron chi connectivity index (χ4n) is 4.12. The fraction of sp³-hybridized carbons (Fsp3) is 0.250. The zero-order valence-corrected chi connectivity index (χ0v) is 19.9. The Kier molecular flexibility index (Phi) is 7.90. The van der Waals surface area contributed by atoms with Gasteiger partial charge in [0.2, 0.25) is 5.91 Å². The van der Waals surface area contributed by atoms with Gasteiger partial charge >= 0.3 is 0 Å². The number of benzene rings is 3. The lowest BCUT2D eigenvalue weighted by molar-refractivity contribution is -0.122. The van der Waals surface area contributed by atoms with Crippen LogP contribution in [0.5, 0.6) is 0 Å². The molecule has 1 saturated heterocycles. The largest absolute Gasteiger partial charge is 0.369 e. The van der Waals surface area contributed by atoms with Crippen LogP contribution in [-0.2, 0) is 4.79 Å². The summed E-state index contributed by atoms with van der Waals surface area (Å²) in [7, 11) is 0. The molecule has 2 amide bonds. The summed E-state index contributed by atoms with van der Waals surface area (Å²) in [6, 6.07) is 24.1. The molecule has 7 heteroatoms. The molecule has 1 heterocycles. The number of nitrogens with one attached hydrogen (secondary N) is 2. The number of para-hydroxylation sites is 1. The first-order valence-corrected chi connectivity index (χ1v) is 11.8. The molecule has 0 aromatic heterocycles. The first-order chi connectivity index (χ1) is 17.0. The lowest BCUT2D eigenvalue weighted by Gasteiger charge is -2.36. The van der Waals surface area contributed by atoms with Gasteiger partial charge in [-0.15, -0.1) is 0 Å². The number of carbonyl (C=O) groups excluding carboxylic acids is 3. The summed E-state index contributed by atoms with van der Waals surface area (Å²) in [6.45, 7) is 6.14. The zero-order chi connectivity index (χ0) is 24.6. The molecule has 0 radical (unpaired) electrons. The SMILES string of the molecule is Cc1ccc(C(=O)c2ccccc2C(=O)NNC(=O)CCN2CCN(c3ccccc3)CC2)cc1. The van der Waals surface area contributed by atoms with Crippen molar-refractivity contribution >= 4 is 23.3 Å². The highest BCUT2D eigenvalue weighted by Gasteiger charge is 2.20. The van der Waals surface area contributed by atoms with Crippen molar-refractivity contribution in [1.82, 2.24) is 15.8 Å². The van der Waals surface area contributed by atoms with Gasteiger partial charge in [0.05, 0.1) is 5.56 Å². The van der Waals surface area contributed by atoms with Gasteiger partial charge in [-0.3, -0.25) is 30.1 Å². The Morgan fingerprint density at radius 1 is 0.743 bits per heavy atom. The Labute approximate surface area is 205 Å². The minimum Gasteiger partial charge on any atom is -0.369 e. The second-order valence-electron chi connectivity index (χ2n) is 8.66. The Bertz CT molecular complexity index is 1170. The normalized spacial score (nSPS) is 13.8. The van der Waals surface area contributed by atoms with E-state index in [0.29, 0.717) is 17.7 Å². The maximum atomic E-state index is 12.9. The monoisotopic (exact) mass is 470 g/mol. The number of piperazine rings is 1. The van der Waals surface area contributed by atoms with Gasteiger partial charge in [-0.05, 0) is 25.1 Å². The molecule has 0 bridgehead atoms. The topological polar surface area (TPSA) is 81.8 Å². The third-order valence-corrected chi connectivity index (χ3v) is 6.19. The Morgan fingerprint density at radius 3 is 2.06 bits per heavy atom. The number of ketones is 1. The van der Waals surface area contributed by atoms with Crippen molar-refractivity contribution in [2.24, 2.45) is 0 Å². The highest BCUT2D eigenvalue weighted by atomic mass is 16.2. The van der Waals surface area contributed by atoms with Gasteiger partial charge in [-0.1, -0.05) is 66.2 Å². The molecule has 1 fully saturated rings. The Balaban J connectivity index is 1.25. The van der Waals surface area contributed by atoms with Crippen LogP contribution in [-0.4, -0.2) is 55.2 Å². The maximum absolute atomic E-state index is 12.9. The number of nitrogens with zero attached hydrogens (tertiary/aromatic N) is 2. The van der Waals surface area contributed by atoms with Crippen molar-refractivity contribution in [2.75, 3.05) is 37.6 Å². The van der Waals surface area contributed by atoms with E-state index < -0.39 is 5.91 Å². The quantitative estimate of drug-likeness (QED) is 0.409. The minimum absolute atomic E-state index is 0.218. The van der Waals surface area contributed by atoms with E-state index in [4.69, 9.17) is 0 Å². The van der Waals surface area contributed by atoms with Crippen LogP contribution in [0, 0.1) is 6.92 Å². The first kappa shape index (κ1) is 24.2. The molecule has 4 rings (SSSR count). The number of anilines is 1. The van der Waals surface area contributed by atoms with Crippen LogP contribution in [0.15, 0.2) is 78.9 Å². The Hall–Kier alpha value is -3.97. The molecular formula is C28H30N4O3. The van der Waals surface area contributed by atoms with Crippen molar-refractivity contribution in [3.8, 4) is 0 Å². The van der Waals surface area contributed by atoms with E-state index in [1.165, 1.54) is 5.69 Å². The lowest BCUT2D eigenvalue weighted by Crippen LogP contribution is -2.48. The van der Waals surface area contributed by atoms with Gasteiger partial charge in [0.1, 0.15) is 0 Å². The second-order valence-corrected chi connectivity index (χ2v) is 8.66. The van der Waals surface area contributed by atoms with Crippen molar-refractivity contribution in [3.63, 3.8) is 0 Å². The molecule has 0 spiro atoms. The van der Waals surface area contributed by atoms with Gasteiger partial charge in [0, 0.05) is 56.0 Å². The van der Waals surface area contributed by atoms with E-state index in [2.05, 4.69) is 32.8 Å². The van der Waals surface area contributed by atoms with Crippen LogP contribution in [0.1, 0.15) is 38.3 Å². The highest BCUT2D eigenvalue weighted by molar-refractivity contribution is 6.15. The lowest BCUT2D eigenvalue weighted by atomic mass is 9.97. The van der Waals surface area contributed by atoms with Crippen molar-refractivity contribution in [2.45, 2.75) is 13.3 Å². The number of carbonyl (C=O) groups is 3. The summed E-state index contributed by atoms with van der Waals surface area (Å²) < 4.78 is 0. The average Bonchev–Trinajstić information content (AvgIpc) is 2.91. The number of hydrogen-bond acceptors (Lipinski definition) is 5. The van der Waals surface area contributed by atoms with Gasteiger partial charge in [-0.2, -0.15) is 0 Å². The summed E-state index contributed by atoms with van der Waals surface area (Å²) in [5.41, 5.74) is 8.22. The summed E-state index contributed by atoms with van der Waals surface area (Å²) >= 11 is 0. The number of rotatable bonds is 7. The molecular weight excluding hydrogens is 440 g/mol. The number of aryl methyl sites for hydroxylation is 1. The molecule has 3 aromatic carbocycles. The molecule has 0 unspecified atom stereocenters. The van der Waals surface area contributed by atoms with Crippen LogP contribution >= 0.6 is 0 Å². The minimum atomic E-state index is -0.522. The second kappa shape index (κ2) is 11.4. The molecule has 3 aromatic rings. The third-order valence-electron chi connectivity index (χ3n) is 6.19. The van der Waals surface area contributed by atoms with Crippen LogP contribution < -0.4 is 15.8 Å². The summed E-state index contributed by atoms with van der Waals surface area (Å²) in [5.74, 6) is -1.03. The van der Waals surface area contributed by atoms with Crippen molar-refractivity contribution in [3.05, 3.63) is 101 Å². The number of amides is 2. The summed E-state index contributed by atoms with van der Waals surface area (Å²) in [4.78, 5) is 42.6. The van der Waals surface area contributed by atoms with E-state index in [1.54, 1.807) is 36.4 Å². The predicted octanol–water partition coefficient (Wildman–Crippen LogP) is 3.20. The van der Waals surface area contributed by atoms with Gasteiger partial charge in [-0.25, -0.2) is 0 Å². The number of hydrazine groups is 1. The molecule has 2 N–H and O–H groups in total. The zero-order valence-electron chi connectivity index (χ0n) is 19.9. The smallest absolute Gasteiger partial charge is 0.270 e. The molecule has 1 aliphatic rings. The van der Waals surface area contributed by atoms with Gasteiger partial charge < -0.3 is 4.90 Å². The molecule has 0 atom stereocenters. The van der Waals surface area contributed by atoms with Crippen LogP contribution in [0.25, 0.3) is 0 Å². The maximum Gasteiger partial charge on any atom is 0.270 e. The van der Waals surface area contributed by atoms with Crippen LogP contribution in [0.4, 0.5) is 5.69 Å². The molecule has 1 aliphatic heterocycles. The molecule has 180 valence electrons. The van der Waals surface area contributed by atoms with Crippen LogP contribution in [0.3, 0.4) is 0 Å². The van der Waals surface area contributed by atoms with Gasteiger partial charge in [0.25, 0.3) is 5.91 Å². The van der Waals surface area contributed by atoms with E-state index in [9.17, 15) is 14.4 Å². The third kappa shape index (κ3) is 6.33. The highest BCUT2D eigenvalue weighted by Crippen LogP contribution is 2.16. The molecule has 0 saturated carbocycles. The van der Waals surface area contributed by atoms with Crippen molar-refractivity contribution < 1.29 is 14.4 Å².